The number of alkyl halides is 3. The number of amides is 2. The Balaban J connectivity index is 1.54. The zero-order valence-corrected chi connectivity index (χ0v) is 28.0. The lowest BCUT2D eigenvalue weighted by Crippen LogP contribution is -2.65. The van der Waals surface area contributed by atoms with Crippen LogP contribution in [0.2, 0.25) is 10.0 Å². The van der Waals surface area contributed by atoms with E-state index in [1.54, 1.807) is 24.3 Å². The number of fused-ring (bicyclic) bond motifs is 2. The Bertz CT molecular complexity index is 1450. The summed E-state index contributed by atoms with van der Waals surface area (Å²) >= 11 is 30.5. The number of aromatic nitrogens is 1. The summed E-state index contributed by atoms with van der Waals surface area (Å²) in [4.78, 5) is 45.6. The third kappa shape index (κ3) is 7.42. The number of aryl methyl sites for hydroxylation is 1. The van der Waals surface area contributed by atoms with Crippen LogP contribution in [0.15, 0.2) is 36.0 Å². The van der Waals surface area contributed by atoms with Gasteiger partial charge >= 0.3 is 12.1 Å². The van der Waals surface area contributed by atoms with Crippen molar-refractivity contribution in [1.82, 2.24) is 14.8 Å². The Kier molecular flexibility index (Phi) is 10.4. The van der Waals surface area contributed by atoms with E-state index in [2.05, 4.69) is 4.98 Å². The summed E-state index contributed by atoms with van der Waals surface area (Å²) in [5.41, 5.74) is 0.326. The van der Waals surface area contributed by atoms with E-state index in [4.69, 9.17) is 72.2 Å². The van der Waals surface area contributed by atoms with Crippen LogP contribution in [0, 0.1) is 6.92 Å². The molecule has 2 amide bonds. The molecule has 15 heteroatoms. The van der Waals surface area contributed by atoms with Crippen LogP contribution in [0.5, 0.6) is 11.6 Å². The van der Waals surface area contributed by atoms with E-state index < -0.39 is 33.5 Å². The maximum atomic E-state index is 13.4. The van der Waals surface area contributed by atoms with Gasteiger partial charge in [-0.15, -0.1) is 0 Å². The monoisotopic (exact) mass is 707 g/mol. The average Bonchev–Trinajstić information content (AvgIpc) is 2.90. The van der Waals surface area contributed by atoms with E-state index in [1.165, 1.54) is 36.8 Å². The van der Waals surface area contributed by atoms with E-state index in [1.807, 2.05) is 6.92 Å². The maximum Gasteiger partial charge on any atom is 0.411 e. The number of rotatable bonds is 8. The first-order valence-electron chi connectivity index (χ1n) is 13.5. The van der Waals surface area contributed by atoms with Crippen LogP contribution in [-0.4, -0.2) is 85.6 Å². The van der Waals surface area contributed by atoms with E-state index in [0.29, 0.717) is 26.9 Å². The highest BCUT2D eigenvalue weighted by atomic mass is 35.6. The minimum absolute atomic E-state index is 0.0517. The Morgan fingerprint density at radius 2 is 1.68 bits per heavy atom. The summed E-state index contributed by atoms with van der Waals surface area (Å²) in [5.74, 6) is -0.854. The molecule has 1 saturated heterocycles. The average molecular weight is 710 g/mol. The predicted molar refractivity (Wildman–Crippen MR) is 168 cm³/mol. The van der Waals surface area contributed by atoms with Crippen molar-refractivity contribution in [2.75, 3.05) is 26.3 Å². The fourth-order valence-corrected chi connectivity index (χ4v) is 5.89. The SMILES string of the molecule is CC(=O)N1C[C@H]2CC(c3ccc(OCCOc4c(Cl)cc(C)cc4Cl)nc3)=C(C(=O)O)[C@@H](C1)N2C(=O)OC(C)(C)C(Cl)(Cl)Cl. The van der Waals surface area contributed by atoms with Crippen LogP contribution >= 0.6 is 58.0 Å². The normalized spacial score (nSPS) is 18.7. The lowest BCUT2D eigenvalue weighted by molar-refractivity contribution is -0.137. The van der Waals surface area contributed by atoms with Gasteiger partial charge in [-0.1, -0.05) is 58.0 Å². The molecule has 44 heavy (non-hydrogen) atoms. The number of hydrogen-bond acceptors (Lipinski definition) is 7. The molecule has 4 rings (SSSR count). The molecule has 0 aliphatic carbocycles. The van der Waals surface area contributed by atoms with Gasteiger partial charge in [-0.25, -0.2) is 14.6 Å². The quantitative estimate of drug-likeness (QED) is 0.241. The number of hydrogen-bond donors (Lipinski definition) is 1. The molecule has 10 nitrogen and oxygen atoms in total. The van der Waals surface area contributed by atoms with Crippen molar-refractivity contribution in [3.8, 4) is 11.6 Å². The molecule has 0 spiro atoms. The summed E-state index contributed by atoms with van der Waals surface area (Å²) < 4.78 is 15.0. The van der Waals surface area contributed by atoms with Gasteiger partial charge in [0.1, 0.15) is 13.2 Å². The molecule has 2 bridgehead atoms. The van der Waals surface area contributed by atoms with Crippen molar-refractivity contribution in [3.63, 3.8) is 0 Å². The number of carboxylic acids is 1. The number of nitrogens with zero attached hydrogens (tertiary/aromatic N) is 3. The van der Waals surface area contributed by atoms with Gasteiger partial charge in [-0.3, -0.25) is 9.69 Å². The largest absolute Gasteiger partial charge is 0.487 e. The zero-order chi connectivity index (χ0) is 32.6. The van der Waals surface area contributed by atoms with Crippen LogP contribution in [-0.2, 0) is 14.3 Å². The van der Waals surface area contributed by atoms with Gasteiger partial charge in [0.15, 0.2) is 11.4 Å². The molecule has 0 radical (unpaired) electrons. The van der Waals surface area contributed by atoms with Gasteiger partial charge in [0.2, 0.25) is 15.6 Å². The number of carboxylic acid groups (broad SMARTS) is 1. The van der Waals surface area contributed by atoms with E-state index in [9.17, 15) is 19.5 Å². The molecular weight excluding hydrogens is 680 g/mol. The molecule has 2 aliphatic heterocycles. The number of pyridine rings is 1. The number of carbonyl (C=O) groups excluding carboxylic acids is 2. The number of aliphatic carboxylic acids is 1. The molecule has 3 heterocycles. The highest BCUT2D eigenvalue weighted by molar-refractivity contribution is 6.68. The van der Waals surface area contributed by atoms with Crippen molar-refractivity contribution in [2.24, 2.45) is 0 Å². The van der Waals surface area contributed by atoms with Gasteiger partial charge < -0.3 is 24.2 Å². The van der Waals surface area contributed by atoms with Gasteiger partial charge in [-0.2, -0.15) is 0 Å². The lowest BCUT2D eigenvalue weighted by atomic mass is 9.82. The van der Waals surface area contributed by atoms with Crippen LogP contribution in [0.3, 0.4) is 0 Å². The van der Waals surface area contributed by atoms with Crippen molar-refractivity contribution < 1.29 is 33.7 Å². The van der Waals surface area contributed by atoms with Crippen LogP contribution in [0.1, 0.15) is 38.3 Å². The van der Waals surface area contributed by atoms with Gasteiger partial charge in [0.25, 0.3) is 0 Å². The van der Waals surface area contributed by atoms with Crippen molar-refractivity contribution >= 4 is 81.5 Å². The molecule has 0 saturated carbocycles. The number of ether oxygens (including phenoxy) is 3. The first-order valence-corrected chi connectivity index (χ1v) is 15.4. The smallest absolute Gasteiger partial charge is 0.411 e. The highest BCUT2D eigenvalue weighted by Crippen LogP contribution is 2.43. The van der Waals surface area contributed by atoms with E-state index in [0.717, 1.165) is 5.56 Å². The van der Waals surface area contributed by atoms with Crippen LogP contribution < -0.4 is 9.47 Å². The summed E-state index contributed by atoms with van der Waals surface area (Å²) in [6, 6.07) is 5.15. The van der Waals surface area contributed by atoms with E-state index in [-0.39, 0.29) is 50.1 Å². The highest BCUT2D eigenvalue weighted by Gasteiger charge is 2.51. The fourth-order valence-electron chi connectivity index (χ4n) is 5.07. The van der Waals surface area contributed by atoms with Crippen molar-refractivity contribution in [3.05, 3.63) is 57.2 Å². The second-order valence-corrected chi connectivity index (χ2v) is 14.0. The minimum atomic E-state index is -1.95. The van der Waals surface area contributed by atoms with E-state index >= 15 is 0 Å². The number of benzene rings is 1. The van der Waals surface area contributed by atoms with Crippen LogP contribution in [0.25, 0.3) is 5.57 Å². The first kappa shape index (κ1) is 34.2. The Morgan fingerprint density at radius 1 is 1.05 bits per heavy atom. The fraction of sp³-hybridized carbons (Fsp3) is 0.448. The minimum Gasteiger partial charge on any atom is -0.487 e. The molecule has 238 valence electrons. The molecule has 1 N–H and O–H groups in total. The van der Waals surface area contributed by atoms with Crippen molar-refractivity contribution in [2.45, 2.75) is 55.6 Å². The molecule has 2 aliphatic rings. The summed E-state index contributed by atoms with van der Waals surface area (Å²) in [6.45, 7) is 6.53. The molecule has 0 unspecified atom stereocenters. The Morgan fingerprint density at radius 3 is 2.23 bits per heavy atom. The summed E-state index contributed by atoms with van der Waals surface area (Å²) in [5, 5.41) is 11.1. The van der Waals surface area contributed by atoms with Gasteiger partial charge in [0, 0.05) is 32.3 Å². The molecule has 1 aromatic carbocycles. The lowest BCUT2D eigenvalue weighted by Gasteiger charge is -2.50. The van der Waals surface area contributed by atoms with Gasteiger partial charge in [0.05, 0.1) is 27.7 Å². The zero-order valence-electron chi connectivity index (χ0n) is 24.2. The molecule has 1 fully saturated rings. The molecular formula is C29H30Cl5N3O7. The molecule has 2 aromatic rings. The molecule has 2 atom stereocenters. The second-order valence-electron chi connectivity index (χ2n) is 10.9. The number of carbonyl (C=O) groups is 3. The standard InChI is InChI=1S/C29H30Cl5N3O7/c1-15-9-20(30)25(21(31)10-15)43-8-7-42-23-6-5-17(12-35-23)19-11-18-13-36(16(2)38)14-22(24(19)26(39)40)37(18)27(41)44-28(3,4)29(32,33)34/h5-6,9-10,12,18,22H,7-8,11,13-14H2,1-4H3,(H,39,40)/t18-,22-/m1/s1. The number of halogens is 5. The number of piperazine rings is 1. The predicted octanol–water partition coefficient (Wildman–Crippen LogP) is 6.58. The Hall–Kier alpha value is -2.63. The Labute approximate surface area is 279 Å². The third-order valence-corrected chi connectivity index (χ3v) is 9.30. The van der Waals surface area contributed by atoms with Crippen molar-refractivity contribution in [1.29, 1.82) is 0 Å². The van der Waals surface area contributed by atoms with Crippen LogP contribution in [0.4, 0.5) is 4.79 Å². The van der Waals surface area contributed by atoms with Gasteiger partial charge in [-0.05, 0) is 62.1 Å². The summed E-state index contributed by atoms with van der Waals surface area (Å²) in [7, 11) is 0. The summed E-state index contributed by atoms with van der Waals surface area (Å²) in [6.07, 6.45) is 0.758. The maximum absolute atomic E-state index is 13.4. The topological polar surface area (TPSA) is 119 Å². The second kappa shape index (κ2) is 13.4. The first-order chi connectivity index (χ1) is 20.5. The third-order valence-electron chi connectivity index (χ3n) is 7.37. The molecule has 1 aromatic heterocycles.